The van der Waals surface area contributed by atoms with E-state index in [1.165, 1.54) is 15.4 Å². The first kappa shape index (κ1) is 49.8. The first-order valence-corrected chi connectivity index (χ1v) is 20.9. The molecule has 1 amide bonds. The molecule has 0 bridgehead atoms. The van der Waals surface area contributed by atoms with Gasteiger partial charge in [-0.2, -0.15) is 59.8 Å². The summed E-state index contributed by atoms with van der Waals surface area (Å²) in [6, 6.07) is 5.24. The van der Waals surface area contributed by atoms with Crippen molar-refractivity contribution < 1.29 is 48.7 Å². The Bertz CT molecular complexity index is 2580. The van der Waals surface area contributed by atoms with E-state index in [1.807, 2.05) is 33.0 Å². The van der Waals surface area contributed by atoms with Crippen molar-refractivity contribution in [2.75, 3.05) is 6.54 Å². The summed E-state index contributed by atoms with van der Waals surface area (Å²) < 4.78 is 135. The van der Waals surface area contributed by atoms with Crippen LogP contribution in [0.15, 0.2) is 36.7 Å². The predicted molar refractivity (Wildman–Crippen MR) is 221 cm³/mol. The van der Waals surface area contributed by atoms with E-state index < -0.39 is 47.3 Å². The quantitative estimate of drug-likeness (QED) is 0.139. The largest absolute Gasteiger partial charge is 0.435 e. The summed E-state index contributed by atoms with van der Waals surface area (Å²) in [7, 11) is 0. The number of carbonyl (C=O) groups is 1. The summed E-state index contributed by atoms with van der Waals surface area (Å²) in [5.41, 5.74) is -0.353. The Balaban J connectivity index is 0.000000161. The number of hydrogen-bond acceptors (Lipinski definition) is 6. The van der Waals surface area contributed by atoms with Crippen molar-refractivity contribution in [1.29, 1.82) is 0 Å². The van der Waals surface area contributed by atoms with E-state index in [0.29, 0.717) is 42.0 Å². The van der Waals surface area contributed by atoms with Crippen LogP contribution in [-0.2, 0) is 31.4 Å². The molecule has 8 rings (SSSR count). The van der Waals surface area contributed by atoms with Gasteiger partial charge >= 0.3 is 18.5 Å². The third kappa shape index (κ3) is 10.8. The first-order valence-electron chi connectivity index (χ1n) is 20.5. The molecule has 0 saturated heterocycles. The van der Waals surface area contributed by atoms with E-state index in [1.54, 1.807) is 38.6 Å². The number of hydrogen-bond donors (Lipinski definition) is 1. The lowest BCUT2D eigenvalue weighted by molar-refractivity contribution is -0.143. The van der Waals surface area contributed by atoms with Gasteiger partial charge in [-0.1, -0.05) is 6.92 Å². The monoisotopic (exact) mass is 934 g/mol. The second-order valence-electron chi connectivity index (χ2n) is 16.5. The van der Waals surface area contributed by atoms with Crippen molar-refractivity contribution in [3.8, 4) is 0 Å². The van der Waals surface area contributed by atoms with Crippen molar-refractivity contribution in [3.05, 3.63) is 87.4 Å². The second kappa shape index (κ2) is 19.1. The van der Waals surface area contributed by atoms with Crippen LogP contribution in [0.5, 0.6) is 0 Å². The molecule has 2 aliphatic rings. The van der Waals surface area contributed by atoms with E-state index in [4.69, 9.17) is 11.6 Å². The molecular weight excluding hydrogens is 886 g/mol. The Labute approximate surface area is 367 Å². The van der Waals surface area contributed by atoms with Gasteiger partial charge in [-0.3, -0.25) is 18.8 Å². The SMILES string of the molecule is CC(C)n1ccc2cnc(Cl)nc21.CC(C)n1nc(C(F)(F)F)c2c1CCNC2=O.CC(C)n1nc(C(F)(F)F)c2cc(F)ccc21.CC1CCCc2c1c(C(F)(F)F)nn2C(C)C. The lowest BCUT2D eigenvalue weighted by atomic mass is 9.86. The maximum Gasteiger partial charge on any atom is 0.435 e. The topological polar surface area (TPSA) is 113 Å². The fourth-order valence-electron chi connectivity index (χ4n) is 7.61. The number of aromatic nitrogens is 9. The third-order valence-corrected chi connectivity index (χ3v) is 10.6. The molecule has 1 N–H and O–H groups in total. The molecule has 64 heavy (non-hydrogen) atoms. The Hall–Kier alpha value is -5.21. The summed E-state index contributed by atoms with van der Waals surface area (Å²) in [6.07, 6.45) is -6.92. The Kier molecular flexibility index (Phi) is 14.9. The molecule has 1 aliphatic carbocycles. The zero-order valence-corrected chi connectivity index (χ0v) is 37.2. The molecule has 0 fully saturated rings. The highest BCUT2D eigenvalue weighted by Crippen LogP contribution is 2.42. The van der Waals surface area contributed by atoms with Crippen molar-refractivity contribution in [2.24, 2.45) is 0 Å². The number of fused-ring (bicyclic) bond motifs is 4. The summed E-state index contributed by atoms with van der Waals surface area (Å²) in [6.45, 7) is 17.1. The predicted octanol–water partition coefficient (Wildman–Crippen LogP) is 12.1. The molecule has 6 heterocycles. The second-order valence-corrected chi connectivity index (χ2v) is 16.9. The van der Waals surface area contributed by atoms with E-state index in [9.17, 15) is 48.7 Å². The molecule has 0 spiro atoms. The fraction of sp³-hybridized carbons (Fsp3) is 0.524. The van der Waals surface area contributed by atoms with E-state index in [-0.39, 0.29) is 40.5 Å². The van der Waals surface area contributed by atoms with E-state index in [0.717, 1.165) is 41.7 Å². The molecule has 1 aliphatic heterocycles. The summed E-state index contributed by atoms with van der Waals surface area (Å²) in [5, 5.41) is 14.4. The third-order valence-electron chi connectivity index (χ3n) is 10.4. The van der Waals surface area contributed by atoms with Gasteiger partial charge in [0.2, 0.25) is 5.28 Å². The van der Waals surface area contributed by atoms with Crippen LogP contribution >= 0.6 is 11.6 Å². The zero-order chi connectivity index (χ0) is 47.8. The number of carbonyl (C=O) groups excluding carboxylic acids is 1. The van der Waals surface area contributed by atoms with Gasteiger partial charge in [-0.25, -0.2) is 9.37 Å². The van der Waals surface area contributed by atoms with Crippen molar-refractivity contribution >= 4 is 39.4 Å². The van der Waals surface area contributed by atoms with Crippen LogP contribution in [-0.4, -0.2) is 56.3 Å². The highest BCUT2D eigenvalue weighted by atomic mass is 35.5. The van der Waals surface area contributed by atoms with Gasteiger partial charge in [0.1, 0.15) is 11.5 Å². The Morgan fingerprint density at radius 2 is 1.30 bits per heavy atom. The average Bonchev–Trinajstić information content (AvgIpc) is 3.97. The highest BCUT2D eigenvalue weighted by molar-refractivity contribution is 6.28. The molecule has 22 heteroatoms. The zero-order valence-electron chi connectivity index (χ0n) is 36.5. The molecule has 11 nitrogen and oxygen atoms in total. The van der Waals surface area contributed by atoms with Crippen molar-refractivity contribution in [2.45, 2.75) is 137 Å². The Morgan fingerprint density at radius 1 is 0.734 bits per heavy atom. The normalized spacial score (nSPS) is 15.4. The van der Waals surface area contributed by atoms with Gasteiger partial charge in [0.25, 0.3) is 5.91 Å². The van der Waals surface area contributed by atoms with Crippen LogP contribution in [0.25, 0.3) is 21.9 Å². The van der Waals surface area contributed by atoms with Crippen molar-refractivity contribution in [1.82, 2.24) is 49.2 Å². The van der Waals surface area contributed by atoms with E-state index in [2.05, 4.69) is 49.0 Å². The molecule has 0 saturated carbocycles. The van der Waals surface area contributed by atoms with E-state index >= 15 is 0 Å². The summed E-state index contributed by atoms with van der Waals surface area (Å²) in [5.74, 6) is -1.43. The van der Waals surface area contributed by atoms with Crippen LogP contribution in [0.4, 0.5) is 43.9 Å². The van der Waals surface area contributed by atoms with Gasteiger partial charge in [0.05, 0.1) is 16.8 Å². The summed E-state index contributed by atoms with van der Waals surface area (Å²) in [4.78, 5) is 19.6. The van der Waals surface area contributed by atoms with Crippen LogP contribution < -0.4 is 5.32 Å². The number of amides is 1. The maximum atomic E-state index is 13.0. The van der Waals surface area contributed by atoms with Gasteiger partial charge in [-0.15, -0.1) is 0 Å². The maximum absolute atomic E-state index is 13.0. The Morgan fingerprint density at radius 3 is 1.86 bits per heavy atom. The highest BCUT2D eigenvalue weighted by Gasteiger charge is 2.43. The minimum atomic E-state index is -4.60. The standard InChI is InChI=1S/C12H17F3N2.C11H10F4N2.C10H12F3N3O.C9H10ClN3/c1-7(2)17-9-6-4-5-8(3)10(9)11(16-17)12(13,14)15;1-6(2)17-9-4-3-7(12)5-8(9)10(16-17)11(13,14)15;1-5(2)16-6-3-4-14-9(17)7(6)8(15-16)10(11,12)13;1-6(2)13-4-3-7-5-11-9(10)12-8(7)13/h7-8H,4-6H2,1-3H3;3-6H,1-2H3;5H,3-4H2,1-2H3,(H,14,17);3-6H,1-2H3. The first-order chi connectivity index (χ1) is 29.6. The lowest BCUT2D eigenvalue weighted by Gasteiger charge is -2.21. The number of alkyl halides is 9. The molecule has 6 aromatic rings. The van der Waals surface area contributed by atoms with Gasteiger partial charge in [0.15, 0.2) is 17.1 Å². The minimum Gasteiger partial charge on any atom is -0.352 e. The van der Waals surface area contributed by atoms with Crippen LogP contribution in [0, 0.1) is 5.82 Å². The molecule has 1 atom stereocenters. The number of nitrogens with zero attached hydrogens (tertiary/aromatic N) is 9. The molecule has 350 valence electrons. The molecule has 1 aromatic carbocycles. The number of benzene rings is 1. The number of rotatable bonds is 4. The van der Waals surface area contributed by atoms with Gasteiger partial charge in [0, 0.05) is 71.6 Å². The minimum absolute atomic E-state index is 0.0230. The number of halogens is 11. The van der Waals surface area contributed by atoms with Crippen molar-refractivity contribution in [3.63, 3.8) is 0 Å². The van der Waals surface area contributed by atoms with Crippen LogP contribution in [0.1, 0.15) is 150 Å². The average molecular weight is 935 g/mol. The smallest absolute Gasteiger partial charge is 0.352 e. The van der Waals surface area contributed by atoms with Crippen LogP contribution in [0.3, 0.4) is 0 Å². The molecule has 5 aromatic heterocycles. The summed E-state index contributed by atoms with van der Waals surface area (Å²) >= 11 is 5.72. The molecular formula is C42H49ClF10N10O. The fourth-order valence-corrected chi connectivity index (χ4v) is 7.74. The van der Waals surface area contributed by atoms with Crippen LogP contribution in [0.2, 0.25) is 5.28 Å². The van der Waals surface area contributed by atoms with Gasteiger partial charge < -0.3 is 9.88 Å². The van der Waals surface area contributed by atoms with Gasteiger partial charge in [-0.05, 0) is 116 Å². The molecule has 0 radical (unpaired) electrons. The molecule has 1 unspecified atom stereocenters. The lowest BCUT2D eigenvalue weighted by Crippen LogP contribution is -2.33. The number of nitrogens with one attached hydrogen (secondary N) is 1.